The maximum absolute atomic E-state index is 12.9. The Labute approximate surface area is 139 Å². The Kier molecular flexibility index (Phi) is 3.65. The van der Waals surface area contributed by atoms with E-state index in [4.69, 9.17) is 0 Å². The van der Waals surface area contributed by atoms with Gasteiger partial charge in [0.1, 0.15) is 0 Å². The number of amides is 1. The van der Waals surface area contributed by atoms with Crippen LogP contribution in [0.25, 0.3) is 10.1 Å². The molecule has 0 bridgehead atoms. The quantitative estimate of drug-likeness (QED) is 0.721. The van der Waals surface area contributed by atoms with Crippen LogP contribution in [0.4, 0.5) is 0 Å². The smallest absolute Gasteiger partial charge is 0.263 e. The number of hydrogen-bond acceptors (Lipinski definition) is 3. The average molecular weight is 325 g/mol. The van der Waals surface area contributed by atoms with E-state index < -0.39 is 0 Å². The van der Waals surface area contributed by atoms with E-state index in [9.17, 15) is 4.79 Å². The molecule has 0 spiro atoms. The normalized spacial score (nSPS) is 18.5. The van der Waals surface area contributed by atoms with Gasteiger partial charge in [0.2, 0.25) is 0 Å². The summed E-state index contributed by atoms with van der Waals surface area (Å²) < 4.78 is 3.01. The molecule has 0 N–H and O–H groups in total. The highest BCUT2D eigenvalue weighted by atomic mass is 32.1. The second kappa shape index (κ2) is 5.81. The Morgan fingerprint density at radius 1 is 1.30 bits per heavy atom. The van der Waals surface area contributed by atoms with Gasteiger partial charge in [0.15, 0.2) is 0 Å². The van der Waals surface area contributed by atoms with Gasteiger partial charge in [-0.15, -0.1) is 11.3 Å². The highest BCUT2D eigenvalue weighted by Gasteiger charge is 2.27. The van der Waals surface area contributed by atoms with Crippen molar-refractivity contribution in [2.75, 3.05) is 13.1 Å². The van der Waals surface area contributed by atoms with Crippen LogP contribution >= 0.6 is 11.3 Å². The molecule has 0 aliphatic carbocycles. The van der Waals surface area contributed by atoms with Gasteiger partial charge in [-0.25, -0.2) is 0 Å². The molecule has 5 heteroatoms. The summed E-state index contributed by atoms with van der Waals surface area (Å²) in [5, 5.41) is 5.67. The number of hydrogen-bond donors (Lipinski definition) is 0. The van der Waals surface area contributed by atoms with Crippen LogP contribution in [0, 0.1) is 0 Å². The summed E-state index contributed by atoms with van der Waals surface area (Å²) in [4.78, 5) is 15.7. The number of piperidine rings is 1. The Morgan fingerprint density at radius 3 is 2.96 bits per heavy atom. The highest BCUT2D eigenvalue weighted by molar-refractivity contribution is 7.20. The number of carbonyl (C=O) groups excluding carboxylic acids is 1. The van der Waals surface area contributed by atoms with E-state index in [2.05, 4.69) is 23.3 Å². The van der Waals surface area contributed by atoms with Crippen molar-refractivity contribution in [3.63, 3.8) is 0 Å². The fraction of sp³-hybridized carbons (Fsp3) is 0.333. The van der Waals surface area contributed by atoms with Crippen molar-refractivity contribution in [3.8, 4) is 0 Å². The van der Waals surface area contributed by atoms with Crippen molar-refractivity contribution < 1.29 is 4.79 Å². The first-order valence-corrected chi connectivity index (χ1v) is 8.80. The monoisotopic (exact) mass is 325 g/mol. The average Bonchev–Trinajstić information content (AvgIpc) is 3.20. The highest BCUT2D eigenvalue weighted by Crippen LogP contribution is 2.30. The molecule has 1 aromatic carbocycles. The number of aryl methyl sites for hydroxylation is 1. The molecule has 1 saturated heterocycles. The zero-order valence-electron chi connectivity index (χ0n) is 13.1. The van der Waals surface area contributed by atoms with Crippen molar-refractivity contribution >= 4 is 27.3 Å². The molecular formula is C18H19N3OS. The fourth-order valence-corrected chi connectivity index (χ4v) is 4.33. The number of fused-ring (bicyclic) bond motifs is 1. The van der Waals surface area contributed by atoms with Gasteiger partial charge in [-0.05, 0) is 36.4 Å². The first-order valence-electron chi connectivity index (χ1n) is 7.98. The molecule has 1 amide bonds. The summed E-state index contributed by atoms with van der Waals surface area (Å²) in [6.07, 6.45) is 4.12. The van der Waals surface area contributed by atoms with E-state index in [-0.39, 0.29) is 5.91 Å². The standard InChI is InChI=1S/C18H19N3OS/c1-20-10-8-15(19-20)14-6-4-9-21(12-14)18(22)17-11-13-5-2-3-7-16(13)23-17/h2-3,5,7-8,10-11,14H,4,6,9,12H2,1H3. The maximum atomic E-state index is 12.9. The second-order valence-electron chi connectivity index (χ2n) is 6.15. The molecule has 118 valence electrons. The first kappa shape index (κ1) is 14.5. The molecule has 4 rings (SSSR count). The van der Waals surface area contributed by atoms with Crippen LogP contribution in [0.3, 0.4) is 0 Å². The van der Waals surface area contributed by atoms with Gasteiger partial charge >= 0.3 is 0 Å². The Bertz CT molecular complexity index is 818. The molecular weight excluding hydrogens is 306 g/mol. The van der Waals surface area contributed by atoms with Crippen LogP contribution in [-0.4, -0.2) is 33.7 Å². The number of nitrogens with zero attached hydrogens (tertiary/aromatic N) is 3. The molecule has 0 saturated carbocycles. The van der Waals surface area contributed by atoms with E-state index in [0.29, 0.717) is 5.92 Å². The number of benzene rings is 1. The molecule has 1 aliphatic rings. The molecule has 0 radical (unpaired) electrons. The molecule has 4 nitrogen and oxygen atoms in total. The molecule has 3 heterocycles. The third-order valence-corrected chi connectivity index (χ3v) is 5.60. The van der Waals surface area contributed by atoms with Crippen LogP contribution in [0.2, 0.25) is 0 Å². The number of aromatic nitrogens is 2. The summed E-state index contributed by atoms with van der Waals surface area (Å²) in [6.45, 7) is 1.61. The van der Waals surface area contributed by atoms with Gasteiger partial charge in [0, 0.05) is 37.0 Å². The SMILES string of the molecule is Cn1ccc(C2CCCN(C(=O)c3cc4ccccc4s3)C2)n1. The number of thiophene rings is 1. The number of rotatable bonds is 2. The van der Waals surface area contributed by atoms with E-state index >= 15 is 0 Å². The second-order valence-corrected chi connectivity index (χ2v) is 7.24. The van der Waals surface area contributed by atoms with Gasteiger partial charge < -0.3 is 4.90 Å². The van der Waals surface area contributed by atoms with E-state index in [0.717, 1.165) is 41.9 Å². The Morgan fingerprint density at radius 2 is 2.17 bits per heavy atom. The van der Waals surface area contributed by atoms with Crippen molar-refractivity contribution in [3.05, 3.63) is 53.2 Å². The largest absolute Gasteiger partial charge is 0.337 e. The lowest BCUT2D eigenvalue weighted by Gasteiger charge is -2.31. The van der Waals surface area contributed by atoms with Gasteiger partial charge in [-0.2, -0.15) is 5.10 Å². The number of likely N-dealkylation sites (tertiary alicyclic amines) is 1. The molecule has 2 aromatic heterocycles. The zero-order chi connectivity index (χ0) is 15.8. The van der Waals surface area contributed by atoms with Crippen molar-refractivity contribution in [1.29, 1.82) is 0 Å². The summed E-state index contributed by atoms with van der Waals surface area (Å²) in [5.74, 6) is 0.509. The lowest BCUT2D eigenvalue weighted by Crippen LogP contribution is -2.38. The van der Waals surface area contributed by atoms with Crippen LogP contribution in [0.1, 0.15) is 34.1 Å². The lowest BCUT2D eigenvalue weighted by molar-refractivity contribution is 0.0711. The predicted octanol–water partition coefficient (Wildman–Crippen LogP) is 3.65. The molecule has 3 aromatic rings. The Balaban J connectivity index is 1.55. The van der Waals surface area contributed by atoms with E-state index in [1.54, 1.807) is 11.3 Å². The van der Waals surface area contributed by atoms with Crippen LogP contribution in [0.5, 0.6) is 0 Å². The summed E-state index contributed by atoms with van der Waals surface area (Å²) in [6, 6.07) is 12.3. The van der Waals surface area contributed by atoms with Gasteiger partial charge in [-0.3, -0.25) is 9.48 Å². The molecule has 23 heavy (non-hydrogen) atoms. The summed E-state index contributed by atoms with van der Waals surface area (Å²) >= 11 is 1.59. The van der Waals surface area contributed by atoms with Crippen molar-refractivity contribution in [2.45, 2.75) is 18.8 Å². The third kappa shape index (κ3) is 2.77. The van der Waals surface area contributed by atoms with Crippen LogP contribution in [0.15, 0.2) is 42.6 Å². The minimum Gasteiger partial charge on any atom is -0.337 e. The van der Waals surface area contributed by atoms with Crippen LogP contribution in [-0.2, 0) is 7.05 Å². The summed E-state index contributed by atoms with van der Waals surface area (Å²) in [7, 11) is 1.94. The van der Waals surface area contributed by atoms with E-state index in [1.165, 1.54) is 4.70 Å². The maximum Gasteiger partial charge on any atom is 0.263 e. The van der Waals surface area contributed by atoms with E-state index in [1.807, 2.05) is 41.0 Å². The number of carbonyl (C=O) groups is 1. The molecule has 1 aliphatic heterocycles. The molecule has 1 fully saturated rings. The topological polar surface area (TPSA) is 38.1 Å². The van der Waals surface area contributed by atoms with Crippen molar-refractivity contribution in [1.82, 2.24) is 14.7 Å². The third-order valence-electron chi connectivity index (χ3n) is 4.50. The van der Waals surface area contributed by atoms with Gasteiger partial charge in [0.25, 0.3) is 5.91 Å². The van der Waals surface area contributed by atoms with Crippen LogP contribution < -0.4 is 0 Å². The fourth-order valence-electron chi connectivity index (χ4n) is 3.30. The van der Waals surface area contributed by atoms with Crippen molar-refractivity contribution in [2.24, 2.45) is 7.05 Å². The zero-order valence-corrected chi connectivity index (χ0v) is 13.9. The minimum absolute atomic E-state index is 0.159. The first-order chi connectivity index (χ1) is 11.2. The lowest BCUT2D eigenvalue weighted by atomic mass is 9.95. The molecule has 1 unspecified atom stereocenters. The summed E-state index contributed by atoms with van der Waals surface area (Å²) in [5.41, 5.74) is 1.10. The predicted molar refractivity (Wildman–Crippen MR) is 92.9 cm³/mol. The van der Waals surface area contributed by atoms with Gasteiger partial charge in [0.05, 0.1) is 10.6 Å². The Hall–Kier alpha value is -2.14. The van der Waals surface area contributed by atoms with Gasteiger partial charge in [-0.1, -0.05) is 18.2 Å². The minimum atomic E-state index is 0.159. The molecule has 1 atom stereocenters.